The molecule has 2 aromatic carbocycles. The number of nitrogens with zero attached hydrogens (tertiary/aromatic N) is 2. The largest absolute Gasteiger partial charge is 0.462 e. The average molecular weight is 497 g/mol. The molecule has 2 heterocycles. The van der Waals surface area contributed by atoms with Crippen LogP contribution in [-0.4, -0.2) is 35.3 Å². The molecular weight excluding hydrogens is 480 g/mol. The molecule has 1 aromatic heterocycles. The Kier molecular flexibility index (Phi) is 6.71. The van der Waals surface area contributed by atoms with E-state index in [2.05, 4.69) is 15.6 Å². The zero-order chi connectivity index (χ0) is 24.2. The monoisotopic (exact) mass is 496 g/mol. The van der Waals surface area contributed by atoms with Gasteiger partial charge in [0.25, 0.3) is 17.7 Å². The van der Waals surface area contributed by atoms with Crippen LogP contribution in [0.3, 0.4) is 0 Å². The number of aromatic nitrogens is 1. The Labute approximate surface area is 203 Å². The molecule has 1 aliphatic heterocycles. The van der Waals surface area contributed by atoms with Gasteiger partial charge in [-0.2, -0.15) is 0 Å². The van der Waals surface area contributed by atoms with E-state index in [1.807, 2.05) is 0 Å². The molecule has 1 aliphatic rings. The third-order valence-electron chi connectivity index (χ3n) is 4.71. The van der Waals surface area contributed by atoms with Crippen molar-refractivity contribution in [3.8, 4) is 0 Å². The third kappa shape index (κ3) is 4.68. The maximum absolute atomic E-state index is 13.0. The molecule has 9 nitrogen and oxygen atoms in total. The number of carbonyl (C=O) groups excluding carboxylic acids is 4. The minimum absolute atomic E-state index is 0.117. The molecule has 172 valence electrons. The molecule has 3 amide bonds. The summed E-state index contributed by atoms with van der Waals surface area (Å²) >= 11 is 7.47. The van der Waals surface area contributed by atoms with Crippen molar-refractivity contribution in [2.24, 2.45) is 0 Å². The number of rotatable bonds is 7. The van der Waals surface area contributed by atoms with Crippen LogP contribution < -0.4 is 15.5 Å². The van der Waals surface area contributed by atoms with Crippen molar-refractivity contribution in [1.29, 1.82) is 0 Å². The number of amides is 3. The number of halogens is 1. The summed E-state index contributed by atoms with van der Waals surface area (Å²) in [6.45, 7) is 1.87. The highest BCUT2D eigenvalue weighted by atomic mass is 35.5. The molecule has 0 saturated carbocycles. The van der Waals surface area contributed by atoms with Crippen LogP contribution in [0.2, 0.25) is 0 Å². The van der Waals surface area contributed by atoms with E-state index in [0.29, 0.717) is 16.4 Å². The van der Waals surface area contributed by atoms with Gasteiger partial charge in [0.2, 0.25) is 0 Å². The number of thiazole rings is 1. The van der Waals surface area contributed by atoms with Gasteiger partial charge in [-0.15, -0.1) is 11.3 Å². The first-order chi connectivity index (χ1) is 16.4. The van der Waals surface area contributed by atoms with Crippen LogP contribution >= 0.6 is 22.9 Å². The minimum atomic E-state index is -0.727. The van der Waals surface area contributed by atoms with Crippen LogP contribution in [0.5, 0.6) is 0 Å². The van der Waals surface area contributed by atoms with Crippen molar-refractivity contribution in [3.63, 3.8) is 0 Å². The molecule has 0 fully saturated rings. The first-order valence-electron chi connectivity index (χ1n) is 10.0. The van der Waals surface area contributed by atoms with Crippen molar-refractivity contribution in [3.05, 3.63) is 82.0 Å². The van der Waals surface area contributed by atoms with Gasteiger partial charge in [0.1, 0.15) is 10.7 Å². The van der Waals surface area contributed by atoms with Crippen LogP contribution in [0.15, 0.2) is 70.8 Å². The second-order valence-electron chi connectivity index (χ2n) is 6.90. The number of nitrogens with one attached hydrogen (secondary N) is 2. The van der Waals surface area contributed by atoms with Crippen LogP contribution in [0, 0.1) is 0 Å². The van der Waals surface area contributed by atoms with Gasteiger partial charge in [-0.25, -0.2) is 14.7 Å². The summed E-state index contributed by atoms with van der Waals surface area (Å²) < 4.78 is 4.97. The van der Waals surface area contributed by atoms with E-state index < -0.39 is 17.8 Å². The number of ether oxygens (including phenoxy) is 1. The second kappa shape index (κ2) is 9.86. The minimum Gasteiger partial charge on any atom is -0.462 e. The van der Waals surface area contributed by atoms with Crippen LogP contribution in [0.4, 0.5) is 16.5 Å². The third-order valence-corrected chi connectivity index (χ3v) is 5.75. The number of hydrogen-bond acceptors (Lipinski definition) is 8. The number of esters is 1. The number of carbonyl (C=O) groups is 4. The van der Waals surface area contributed by atoms with E-state index >= 15 is 0 Å². The highest BCUT2D eigenvalue weighted by Crippen LogP contribution is 2.30. The Balaban J connectivity index is 1.49. The molecule has 34 heavy (non-hydrogen) atoms. The lowest BCUT2D eigenvalue weighted by Crippen LogP contribution is -2.32. The zero-order valence-electron chi connectivity index (χ0n) is 17.7. The number of anilines is 3. The Bertz CT molecular complexity index is 1310. The molecule has 0 bridgehead atoms. The Hall–Kier alpha value is -4.02. The molecule has 0 radical (unpaired) electrons. The molecule has 0 spiro atoms. The van der Waals surface area contributed by atoms with Gasteiger partial charge < -0.3 is 10.1 Å². The normalized spacial score (nSPS) is 13.3. The summed E-state index contributed by atoms with van der Waals surface area (Å²) in [5.74, 6) is -2.31. The lowest BCUT2D eigenvalue weighted by molar-refractivity contribution is -0.120. The number of hydrogen-bond donors (Lipinski definition) is 2. The maximum atomic E-state index is 13.0. The number of imide groups is 1. The molecule has 0 atom stereocenters. The second-order valence-corrected chi connectivity index (χ2v) is 8.17. The van der Waals surface area contributed by atoms with E-state index in [1.165, 1.54) is 35.6 Å². The molecule has 2 N–H and O–H groups in total. The van der Waals surface area contributed by atoms with Gasteiger partial charge in [-0.05, 0) is 49.4 Å². The van der Waals surface area contributed by atoms with Crippen molar-refractivity contribution >= 4 is 63.1 Å². The van der Waals surface area contributed by atoms with Gasteiger partial charge in [0.15, 0.2) is 5.13 Å². The molecule has 0 unspecified atom stereocenters. The van der Waals surface area contributed by atoms with Crippen molar-refractivity contribution in [2.45, 2.75) is 6.92 Å². The summed E-state index contributed by atoms with van der Waals surface area (Å²) in [6.07, 6.45) is 1.58. The quantitative estimate of drug-likeness (QED) is 0.375. The lowest BCUT2D eigenvalue weighted by Gasteiger charge is -2.16. The van der Waals surface area contributed by atoms with Gasteiger partial charge in [0, 0.05) is 22.8 Å². The van der Waals surface area contributed by atoms with E-state index in [9.17, 15) is 19.2 Å². The van der Waals surface area contributed by atoms with Gasteiger partial charge in [-0.3, -0.25) is 19.7 Å². The SMILES string of the molecule is CCOC(=O)c1cccc(N2C(=O)C(Cl)=C(Nc3ccc(C(=O)Nc4nccs4)cc3)C2=O)c1. The van der Waals surface area contributed by atoms with Crippen molar-refractivity contribution < 1.29 is 23.9 Å². The smallest absolute Gasteiger partial charge is 0.338 e. The topological polar surface area (TPSA) is 118 Å². The Morgan fingerprint density at radius 2 is 1.85 bits per heavy atom. The predicted octanol–water partition coefficient (Wildman–Crippen LogP) is 4.01. The van der Waals surface area contributed by atoms with Gasteiger partial charge in [0.05, 0.1) is 17.9 Å². The van der Waals surface area contributed by atoms with Crippen LogP contribution in [0.1, 0.15) is 27.6 Å². The molecular formula is C23H17ClN4O5S. The summed E-state index contributed by atoms with van der Waals surface area (Å²) in [6, 6.07) is 12.2. The van der Waals surface area contributed by atoms with Crippen molar-refractivity contribution in [2.75, 3.05) is 22.1 Å². The first kappa shape index (κ1) is 23.1. The summed E-state index contributed by atoms with van der Waals surface area (Å²) in [4.78, 5) is 54.9. The summed E-state index contributed by atoms with van der Waals surface area (Å²) in [5.41, 5.74) is 1.09. The lowest BCUT2D eigenvalue weighted by atomic mass is 10.2. The standard InChI is InChI=1S/C23H17ClN4O5S/c1-2-33-22(32)14-4-3-5-16(12-14)28-20(30)17(24)18(21(28)31)26-15-8-6-13(7-9-15)19(29)27-23-25-10-11-34-23/h3-12,26H,2H2,1H3,(H,25,27,29). The van der Waals surface area contributed by atoms with E-state index in [1.54, 1.807) is 42.8 Å². The van der Waals surface area contributed by atoms with Crippen LogP contribution in [-0.2, 0) is 14.3 Å². The fraction of sp³-hybridized carbons (Fsp3) is 0.0870. The zero-order valence-corrected chi connectivity index (χ0v) is 19.3. The molecule has 4 rings (SSSR count). The van der Waals surface area contributed by atoms with E-state index in [-0.39, 0.29) is 34.5 Å². The van der Waals surface area contributed by atoms with Crippen molar-refractivity contribution in [1.82, 2.24) is 4.98 Å². The highest BCUT2D eigenvalue weighted by molar-refractivity contribution is 7.13. The Morgan fingerprint density at radius 3 is 2.53 bits per heavy atom. The highest BCUT2D eigenvalue weighted by Gasteiger charge is 2.39. The molecule has 11 heteroatoms. The predicted molar refractivity (Wildman–Crippen MR) is 128 cm³/mol. The Morgan fingerprint density at radius 1 is 1.09 bits per heavy atom. The van der Waals surface area contributed by atoms with Gasteiger partial charge in [-0.1, -0.05) is 17.7 Å². The maximum Gasteiger partial charge on any atom is 0.338 e. The van der Waals surface area contributed by atoms with E-state index in [4.69, 9.17) is 16.3 Å². The fourth-order valence-corrected chi connectivity index (χ4v) is 3.87. The fourth-order valence-electron chi connectivity index (χ4n) is 3.14. The van der Waals surface area contributed by atoms with Gasteiger partial charge >= 0.3 is 5.97 Å². The molecule has 0 saturated heterocycles. The number of benzene rings is 2. The molecule has 3 aromatic rings. The molecule has 0 aliphatic carbocycles. The first-order valence-corrected chi connectivity index (χ1v) is 11.3. The average Bonchev–Trinajstić information content (AvgIpc) is 3.42. The van der Waals surface area contributed by atoms with Crippen LogP contribution in [0.25, 0.3) is 0 Å². The summed E-state index contributed by atoms with van der Waals surface area (Å²) in [5, 5.41) is 7.45. The summed E-state index contributed by atoms with van der Waals surface area (Å²) in [7, 11) is 0. The van der Waals surface area contributed by atoms with E-state index in [0.717, 1.165) is 4.90 Å².